The molecule has 1 aromatic rings. The maximum atomic E-state index is 12.0. The van der Waals surface area contributed by atoms with Gasteiger partial charge in [0, 0.05) is 9.61 Å². The molecule has 1 saturated heterocycles. The lowest BCUT2D eigenvalue weighted by Gasteiger charge is -2.23. The average Bonchev–Trinajstić information content (AvgIpc) is 2.31. The molecule has 1 aliphatic heterocycles. The Morgan fingerprint density at radius 3 is 2.59 bits per heavy atom. The first-order chi connectivity index (χ1) is 7.77. The molecule has 0 radical (unpaired) electrons. The highest BCUT2D eigenvalue weighted by Gasteiger charge is 2.17. The van der Waals surface area contributed by atoms with E-state index in [0.29, 0.717) is 6.04 Å². The van der Waals surface area contributed by atoms with Crippen LogP contribution >= 0.6 is 35.0 Å². The van der Waals surface area contributed by atoms with E-state index in [1.54, 1.807) is 0 Å². The Hall–Kier alpha value is -0.330. The van der Waals surface area contributed by atoms with Crippen molar-refractivity contribution in [3.05, 3.63) is 33.4 Å². The van der Waals surface area contributed by atoms with Crippen LogP contribution in [0.4, 0.5) is 0 Å². The van der Waals surface area contributed by atoms with E-state index in [4.69, 9.17) is 0 Å². The molecular formula is C12H16ClIN2O. The number of carbonyl (C=O) groups is 1. The van der Waals surface area contributed by atoms with E-state index in [9.17, 15) is 4.79 Å². The normalized spacial score (nSPS) is 16.1. The lowest BCUT2D eigenvalue weighted by atomic mass is 10.1. The van der Waals surface area contributed by atoms with Crippen LogP contribution in [0.2, 0.25) is 0 Å². The summed E-state index contributed by atoms with van der Waals surface area (Å²) in [6, 6.07) is 8.00. The Balaban J connectivity index is 0.00000144. The molecule has 17 heavy (non-hydrogen) atoms. The molecule has 1 fully saturated rings. The monoisotopic (exact) mass is 366 g/mol. The smallest absolute Gasteiger partial charge is 0.252 e. The van der Waals surface area contributed by atoms with Crippen LogP contribution in [-0.4, -0.2) is 25.0 Å². The number of hydrogen-bond donors (Lipinski definition) is 2. The van der Waals surface area contributed by atoms with Gasteiger partial charge in [-0.25, -0.2) is 0 Å². The summed E-state index contributed by atoms with van der Waals surface area (Å²) in [6.07, 6.45) is 2.05. The van der Waals surface area contributed by atoms with Gasteiger partial charge in [0.1, 0.15) is 0 Å². The molecule has 0 spiro atoms. The van der Waals surface area contributed by atoms with Crippen LogP contribution in [0.3, 0.4) is 0 Å². The zero-order valence-corrected chi connectivity index (χ0v) is 12.4. The first kappa shape index (κ1) is 14.7. The van der Waals surface area contributed by atoms with E-state index in [0.717, 1.165) is 35.1 Å². The summed E-state index contributed by atoms with van der Waals surface area (Å²) in [4.78, 5) is 12.0. The number of hydrogen-bond acceptors (Lipinski definition) is 2. The minimum Gasteiger partial charge on any atom is -0.349 e. The molecule has 1 aliphatic rings. The number of halogens is 2. The highest BCUT2D eigenvalue weighted by molar-refractivity contribution is 14.1. The van der Waals surface area contributed by atoms with E-state index < -0.39 is 0 Å². The third kappa shape index (κ3) is 4.12. The second-order valence-electron chi connectivity index (χ2n) is 3.98. The molecule has 0 aliphatic carbocycles. The predicted molar refractivity (Wildman–Crippen MR) is 79.8 cm³/mol. The summed E-state index contributed by atoms with van der Waals surface area (Å²) >= 11 is 2.20. The van der Waals surface area contributed by atoms with Crippen LogP contribution in [0.1, 0.15) is 23.2 Å². The van der Waals surface area contributed by atoms with Crippen LogP contribution in [0.5, 0.6) is 0 Å². The first-order valence-corrected chi connectivity index (χ1v) is 6.61. The molecule has 1 amide bonds. The fourth-order valence-electron chi connectivity index (χ4n) is 1.87. The zero-order chi connectivity index (χ0) is 11.4. The molecule has 1 aromatic carbocycles. The topological polar surface area (TPSA) is 41.1 Å². The lowest BCUT2D eigenvalue weighted by molar-refractivity contribution is 0.0928. The number of nitrogens with one attached hydrogen (secondary N) is 2. The molecule has 0 aromatic heterocycles. The van der Waals surface area contributed by atoms with Gasteiger partial charge < -0.3 is 10.6 Å². The van der Waals surface area contributed by atoms with Crippen molar-refractivity contribution in [2.75, 3.05) is 13.1 Å². The summed E-state index contributed by atoms with van der Waals surface area (Å²) in [5.74, 6) is 0.0527. The third-order valence-electron chi connectivity index (χ3n) is 2.79. The van der Waals surface area contributed by atoms with E-state index in [2.05, 4.69) is 33.2 Å². The average molecular weight is 367 g/mol. The van der Waals surface area contributed by atoms with Crippen LogP contribution in [0, 0.1) is 3.57 Å². The van der Waals surface area contributed by atoms with Crippen molar-refractivity contribution in [3.63, 3.8) is 0 Å². The van der Waals surface area contributed by atoms with Gasteiger partial charge in [-0.2, -0.15) is 0 Å². The molecule has 2 rings (SSSR count). The fourth-order valence-corrected chi connectivity index (χ4v) is 2.51. The Kier molecular flexibility index (Phi) is 6.22. The number of amides is 1. The van der Waals surface area contributed by atoms with Crippen molar-refractivity contribution in [1.82, 2.24) is 10.6 Å². The van der Waals surface area contributed by atoms with Gasteiger partial charge in [0.15, 0.2) is 0 Å². The Labute approximate surface area is 121 Å². The van der Waals surface area contributed by atoms with E-state index in [1.165, 1.54) is 0 Å². The van der Waals surface area contributed by atoms with E-state index in [-0.39, 0.29) is 18.3 Å². The number of piperidine rings is 1. The second-order valence-corrected chi connectivity index (χ2v) is 5.14. The molecule has 0 atom stereocenters. The molecule has 5 heteroatoms. The van der Waals surface area contributed by atoms with Crippen molar-refractivity contribution in [2.24, 2.45) is 0 Å². The van der Waals surface area contributed by atoms with E-state index >= 15 is 0 Å². The van der Waals surface area contributed by atoms with Gasteiger partial charge in [0.2, 0.25) is 0 Å². The summed E-state index contributed by atoms with van der Waals surface area (Å²) in [7, 11) is 0. The zero-order valence-electron chi connectivity index (χ0n) is 9.41. The summed E-state index contributed by atoms with van der Waals surface area (Å²) in [5.41, 5.74) is 0.779. The van der Waals surface area contributed by atoms with E-state index in [1.807, 2.05) is 24.3 Å². The van der Waals surface area contributed by atoms with Crippen LogP contribution in [0.25, 0.3) is 0 Å². The van der Waals surface area contributed by atoms with Gasteiger partial charge in [-0.1, -0.05) is 12.1 Å². The minimum absolute atomic E-state index is 0. The fraction of sp³-hybridized carbons (Fsp3) is 0.417. The molecule has 3 nitrogen and oxygen atoms in total. The van der Waals surface area contributed by atoms with Crippen molar-refractivity contribution in [3.8, 4) is 0 Å². The first-order valence-electron chi connectivity index (χ1n) is 5.53. The predicted octanol–water partition coefficient (Wildman–Crippen LogP) is 2.19. The summed E-state index contributed by atoms with van der Waals surface area (Å²) in [5, 5.41) is 6.38. The molecule has 0 unspecified atom stereocenters. The number of rotatable bonds is 2. The minimum atomic E-state index is 0. The van der Waals surface area contributed by atoms with Crippen LogP contribution in [0.15, 0.2) is 24.3 Å². The van der Waals surface area contributed by atoms with Gasteiger partial charge in [-0.05, 0) is 60.7 Å². The molecule has 0 saturated carbocycles. The standard InChI is InChI=1S/C12H15IN2O.ClH/c13-11-4-2-1-3-10(11)12(16)15-9-5-7-14-8-6-9;/h1-4,9,14H,5-8H2,(H,15,16);1H. The second kappa shape index (κ2) is 7.18. The molecule has 2 N–H and O–H groups in total. The third-order valence-corrected chi connectivity index (χ3v) is 3.73. The Morgan fingerprint density at radius 2 is 1.94 bits per heavy atom. The summed E-state index contributed by atoms with van der Waals surface area (Å²) < 4.78 is 1.01. The number of carbonyl (C=O) groups excluding carboxylic acids is 1. The SMILES string of the molecule is Cl.O=C(NC1CCNCC1)c1ccccc1I. The largest absolute Gasteiger partial charge is 0.349 e. The quantitative estimate of drug-likeness (QED) is 0.788. The maximum Gasteiger partial charge on any atom is 0.252 e. The molecule has 94 valence electrons. The van der Waals surface area contributed by atoms with Gasteiger partial charge in [0.25, 0.3) is 5.91 Å². The van der Waals surface area contributed by atoms with Crippen molar-refractivity contribution in [2.45, 2.75) is 18.9 Å². The Bertz CT molecular complexity index is 381. The number of benzene rings is 1. The highest BCUT2D eigenvalue weighted by atomic mass is 127. The Morgan fingerprint density at radius 1 is 1.29 bits per heavy atom. The van der Waals surface area contributed by atoms with Crippen LogP contribution < -0.4 is 10.6 Å². The van der Waals surface area contributed by atoms with Gasteiger partial charge >= 0.3 is 0 Å². The van der Waals surface area contributed by atoms with Crippen molar-refractivity contribution in [1.29, 1.82) is 0 Å². The van der Waals surface area contributed by atoms with Crippen LogP contribution in [-0.2, 0) is 0 Å². The van der Waals surface area contributed by atoms with Gasteiger partial charge in [-0.15, -0.1) is 12.4 Å². The maximum absolute atomic E-state index is 12.0. The molecule has 1 heterocycles. The van der Waals surface area contributed by atoms with Crippen molar-refractivity contribution < 1.29 is 4.79 Å². The highest BCUT2D eigenvalue weighted by Crippen LogP contribution is 2.12. The molecule has 0 bridgehead atoms. The van der Waals surface area contributed by atoms with Gasteiger partial charge in [-0.3, -0.25) is 4.79 Å². The molecular weight excluding hydrogens is 351 g/mol. The van der Waals surface area contributed by atoms with Gasteiger partial charge in [0.05, 0.1) is 5.56 Å². The summed E-state index contributed by atoms with van der Waals surface area (Å²) in [6.45, 7) is 1.99. The van der Waals surface area contributed by atoms with Crippen molar-refractivity contribution >= 4 is 40.9 Å². The lowest BCUT2D eigenvalue weighted by Crippen LogP contribution is -2.42.